The number of amides is 1. The van der Waals surface area contributed by atoms with E-state index >= 15 is 0 Å². The van der Waals surface area contributed by atoms with Crippen molar-refractivity contribution in [1.82, 2.24) is 0 Å². The predicted octanol–water partition coefficient (Wildman–Crippen LogP) is 5.62. The minimum Gasteiger partial charge on any atom is -0.494 e. The van der Waals surface area contributed by atoms with Crippen molar-refractivity contribution in [3.05, 3.63) is 83.9 Å². The molecule has 0 radical (unpaired) electrons. The molecule has 0 bridgehead atoms. The lowest BCUT2D eigenvalue weighted by Gasteiger charge is -2.14. The summed E-state index contributed by atoms with van der Waals surface area (Å²) in [5.74, 6) is -1.32. The van der Waals surface area contributed by atoms with Crippen LogP contribution in [0.5, 0.6) is 5.75 Å². The second-order valence-electron chi connectivity index (χ2n) is 8.80. The fourth-order valence-corrected chi connectivity index (χ4v) is 4.62. The molecule has 180 valence electrons. The maximum absolute atomic E-state index is 12.8. The molecule has 0 aliphatic heterocycles. The van der Waals surface area contributed by atoms with Gasteiger partial charge in [-0.15, -0.1) is 0 Å². The molecular formula is C29H29NO5. The molecule has 2 N–H and O–H groups in total. The number of carbonyl (C=O) groups is 3. The van der Waals surface area contributed by atoms with Gasteiger partial charge in [-0.05, 0) is 60.7 Å². The summed E-state index contributed by atoms with van der Waals surface area (Å²) in [4.78, 5) is 36.7. The van der Waals surface area contributed by atoms with E-state index < -0.39 is 17.8 Å². The molecule has 0 aromatic heterocycles. The maximum atomic E-state index is 12.8. The number of aliphatic carboxylic acids is 1. The SMILES string of the molecule is CCOc1ccc(CC(=O)Nc2ccc(-c3ccc(C(=O)[C@@H]4CCC[C@H]4C(=O)O)cc3)cc2)cc1. The Hall–Kier alpha value is -3.93. The third-order valence-electron chi connectivity index (χ3n) is 6.44. The number of carboxylic acid groups (broad SMARTS) is 1. The summed E-state index contributed by atoms with van der Waals surface area (Å²) < 4.78 is 5.42. The van der Waals surface area contributed by atoms with Crippen LogP contribution in [0.2, 0.25) is 0 Å². The predicted molar refractivity (Wildman–Crippen MR) is 135 cm³/mol. The van der Waals surface area contributed by atoms with Crippen molar-refractivity contribution in [1.29, 1.82) is 0 Å². The van der Waals surface area contributed by atoms with E-state index in [0.29, 0.717) is 30.7 Å². The van der Waals surface area contributed by atoms with Gasteiger partial charge in [0.15, 0.2) is 5.78 Å². The third kappa shape index (κ3) is 5.96. The topological polar surface area (TPSA) is 92.7 Å². The number of ketones is 1. The summed E-state index contributed by atoms with van der Waals surface area (Å²) in [6.45, 7) is 2.53. The summed E-state index contributed by atoms with van der Waals surface area (Å²) in [6, 6.07) is 22.3. The molecule has 3 aromatic rings. The Kier molecular flexibility index (Phi) is 7.60. The number of Topliss-reactive ketones (excluding diaryl/α,β-unsaturated/α-hetero) is 1. The minimum atomic E-state index is -0.885. The van der Waals surface area contributed by atoms with Crippen LogP contribution in [0.25, 0.3) is 11.1 Å². The van der Waals surface area contributed by atoms with Crippen LogP contribution in [0.15, 0.2) is 72.8 Å². The summed E-state index contributed by atoms with van der Waals surface area (Å²) >= 11 is 0. The number of ether oxygens (including phenoxy) is 1. The molecule has 6 heteroatoms. The summed E-state index contributed by atoms with van der Waals surface area (Å²) in [6.07, 6.45) is 2.23. The van der Waals surface area contributed by atoms with Crippen molar-refractivity contribution < 1.29 is 24.2 Å². The Morgan fingerprint density at radius 2 is 1.46 bits per heavy atom. The van der Waals surface area contributed by atoms with Gasteiger partial charge in [0.05, 0.1) is 18.9 Å². The number of anilines is 1. The Labute approximate surface area is 204 Å². The fourth-order valence-electron chi connectivity index (χ4n) is 4.62. The number of rotatable bonds is 9. The summed E-state index contributed by atoms with van der Waals surface area (Å²) in [5, 5.41) is 12.3. The number of hydrogen-bond acceptors (Lipinski definition) is 4. The van der Waals surface area contributed by atoms with E-state index in [4.69, 9.17) is 4.74 Å². The van der Waals surface area contributed by atoms with Crippen LogP contribution in [0.3, 0.4) is 0 Å². The van der Waals surface area contributed by atoms with Gasteiger partial charge in [0, 0.05) is 17.2 Å². The second kappa shape index (κ2) is 11.0. The number of nitrogens with one attached hydrogen (secondary N) is 1. The molecule has 2 atom stereocenters. The molecule has 0 spiro atoms. The quantitative estimate of drug-likeness (QED) is 0.395. The van der Waals surface area contributed by atoms with Crippen LogP contribution in [0, 0.1) is 11.8 Å². The van der Waals surface area contributed by atoms with Gasteiger partial charge in [-0.25, -0.2) is 0 Å². The van der Waals surface area contributed by atoms with Gasteiger partial charge >= 0.3 is 5.97 Å². The van der Waals surface area contributed by atoms with Crippen LogP contribution in [0.4, 0.5) is 5.69 Å². The Morgan fingerprint density at radius 3 is 2.06 bits per heavy atom. The smallest absolute Gasteiger partial charge is 0.307 e. The molecule has 35 heavy (non-hydrogen) atoms. The van der Waals surface area contributed by atoms with Crippen molar-refractivity contribution in [2.24, 2.45) is 11.8 Å². The van der Waals surface area contributed by atoms with Crippen LogP contribution in [-0.4, -0.2) is 29.4 Å². The Morgan fingerprint density at radius 1 is 0.857 bits per heavy atom. The molecule has 0 heterocycles. The Bertz CT molecular complexity index is 1180. The lowest BCUT2D eigenvalue weighted by molar-refractivity contribution is -0.142. The first-order valence-electron chi connectivity index (χ1n) is 11.9. The van der Waals surface area contributed by atoms with Crippen molar-refractivity contribution in [2.75, 3.05) is 11.9 Å². The van der Waals surface area contributed by atoms with Crippen LogP contribution in [-0.2, 0) is 16.0 Å². The van der Waals surface area contributed by atoms with Crippen molar-refractivity contribution in [2.45, 2.75) is 32.6 Å². The highest BCUT2D eigenvalue weighted by Crippen LogP contribution is 2.35. The Balaban J connectivity index is 1.35. The maximum Gasteiger partial charge on any atom is 0.307 e. The first kappa shape index (κ1) is 24.2. The van der Waals surface area contributed by atoms with Crippen molar-refractivity contribution >= 4 is 23.3 Å². The standard InChI is InChI=1S/C29H29NO5/c1-2-35-24-16-6-19(7-17-24)18-27(31)30-23-14-12-21(13-15-23)20-8-10-22(11-9-20)28(32)25-4-3-5-26(25)29(33)34/h6-17,25-26H,2-5,18H2,1H3,(H,30,31)(H,33,34)/t25-,26-/m1/s1. The molecule has 0 saturated heterocycles. The van der Waals surface area contributed by atoms with E-state index in [-0.39, 0.29) is 18.1 Å². The average Bonchev–Trinajstić information content (AvgIpc) is 3.36. The molecule has 1 fully saturated rings. The molecule has 6 nitrogen and oxygen atoms in total. The van der Waals surface area contributed by atoms with Crippen LogP contribution < -0.4 is 10.1 Å². The van der Waals surface area contributed by atoms with E-state index in [1.807, 2.05) is 67.6 Å². The molecule has 0 unspecified atom stereocenters. The first-order chi connectivity index (χ1) is 16.9. The largest absolute Gasteiger partial charge is 0.494 e. The normalized spacial score (nSPS) is 17.1. The van der Waals surface area contributed by atoms with E-state index in [2.05, 4.69) is 5.32 Å². The van der Waals surface area contributed by atoms with Crippen LogP contribution >= 0.6 is 0 Å². The molecule has 1 aliphatic carbocycles. The van der Waals surface area contributed by atoms with Crippen molar-refractivity contribution in [3.8, 4) is 16.9 Å². The molecule has 1 aliphatic rings. The van der Waals surface area contributed by atoms with E-state index in [9.17, 15) is 19.5 Å². The molecule has 1 amide bonds. The van der Waals surface area contributed by atoms with Gasteiger partial charge < -0.3 is 15.2 Å². The fraction of sp³-hybridized carbons (Fsp3) is 0.276. The van der Waals surface area contributed by atoms with Gasteiger partial charge in [-0.1, -0.05) is 55.0 Å². The van der Waals surface area contributed by atoms with Gasteiger partial charge in [-0.3, -0.25) is 14.4 Å². The summed E-state index contributed by atoms with van der Waals surface area (Å²) in [5.41, 5.74) is 4.06. The molecule has 3 aromatic carbocycles. The number of benzene rings is 3. The highest BCUT2D eigenvalue weighted by atomic mass is 16.5. The zero-order valence-electron chi connectivity index (χ0n) is 19.7. The van der Waals surface area contributed by atoms with Gasteiger partial charge in [0.25, 0.3) is 0 Å². The minimum absolute atomic E-state index is 0.0907. The molecular weight excluding hydrogens is 442 g/mol. The first-order valence-corrected chi connectivity index (χ1v) is 11.9. The van der Waals surface area contributed by atoms with E-state index in [0.717, 1.165) is 28.9 Å². The summed E-state index contributed by atoms with van der Waals surface area (Å²) in [7, 11) is 0. The molecule has 1 saturated carbocycles. The highest BCUT2D eigenvalue weighted by molar-refractivity contribution is 6.00. The third-order valence-corrected chi connectivity index (χ3v) is 6.44. The van der Waals surface area contributed by atoms with E-state index in [1.54, 1.807) is 12.1 Å². The van der Waals surface area contributed by atoms with Gasteiger partial charge in [0.1, 0.15) is 5.75 Å². The van der Waals surface area contributed by atoms with Crippen molar-refractivity contribution in [3.63, 3.8) is 0 Å². The zero-order chi connectivity index (χ0) is 24.8. The van der Waals surface area contributed by atoms with Gasteiger partial charge in [0.2, 0.25) is 5.91 Å². The van der Waals surface area contributed by atoms with Crippen LogP contribution in [0.1, 0.15) is 42.1 Å². The number of hydrogen-bond donors (Lipinski definition) is 2. The average molecular weight is 472 g/mol. The molecule has 4 rings (SSSR count). The second-order valence-corrected chi connectivity index (χ2v) is 8.80. The van der Waals surface area contributed by atoms with Gasteiger partial charge in [-0.2, -0.15) is 0 Å². The van der Waals surface area contributed by atoms with E-state index in [1.165, 1.54) is 0 Å². The number of carboxylic acids is 1. The monoisotopic (exact) mass is 471 g/mol. The number of carbonyl (C=O) groups excluding carboxylic acids is 2. The lowest BCUT2D eigenvalue weighted by Crippen LogP contribution is -2.25. The zero-order valence-corrected chi connectivity index (χ0v) is 19.7. The highest BCUT2D eigenvalue weighted by Gasteiger charge is 2.37. The lowest BCUT2D eigenvalue weighted by atomic mass is 9.88.